The van der Waals surface area contributed by atoms with E-state index in [1.54, 1.807) is 5.38 Å². The van der Waals surface area contributed by atoms with Crippen LogP contribution in [0.5, 0.6) is 0 Å². The first-order valence-corrected chi connectivity index (χ1v) is 7.28. The summed E-state index contributed by atoms with van der Waals surface area (Å²) in [6, 6.07) is 7.37. The van der Waals surface area contributed by atoms with Gasteiger partial charge in [-0.15, -0.1) is 11.3 Å². The molecule has 104 valence electrons. The topological polar surface area (TPSA) is 88.2 Å². The SMILES string of the molecule is NC(C(=O)O)c1csc(NCC2Cc3ccccc32)n1. The van der Waals surface area contributed by atoms with Gasteiger partial charge in [-0.1, -0.05) is 24.3 Å². The molecule has 20 heavy (non-hydrogen) atoms. The summed E-state index contributed by atoms with van der Waals surface area (Å²) < 4.78 is 0. The molecule has 2 aromatic rings. The predicted molar refractivity (Wildman–Crippen MR) is 78.1 cm³/mol. The zero-order chi connectivity index (χ0) is 14.1. The second-order valence-electron chi connectivity index (χ2n) is 4.87. The molecule has 0 saturated heterocycles. The number of hydrogen-bond donors (Lipinski definition) is 3. The van der Waals surface area contributed by atoms with Gasteiger partial charge in [0.1, 0.15) is 6.04 Å². The van der Waals surface area contributed by atoms with Crippen molar-refractivity contribution in [1.82, 2.24) is 4.98 Å². The van der Waals surface area contributed by atoms with Crippen molar-refractivity contribution in [3.8, 4) is 0 Å². The number of fused-ring (bicyclic) bond motifs is 1. The first-order chi connectivity index (χ1) is 9.65. The number of hydrogen-bond acceptors (Lipinski definition) is 5. The van der Waals surface area contributed by atoms with Crippen LogP contribution in [0, 0.1) is 0 Å². The fraction of sp³-hybridized carbons (Fsp3) is 0.286. The second-order valence-corrected chi connectivity index (χ2v) is 5.73. The maximum atomic E-state index is 10.8. The van der Waals surface area contributed by atoms with Crippen molar-refractivity contribution in [2.45, 2.75) is 18.4 Å². The molecule has 2 atom stereocenters. The molecule has 0 amide bonds. The fourth-order valence-electron chi connectivity index (χ4n) is 2.39. The van der Waals surface area contributed by atoms with Crippen molar-refractivity contribution in [3.05, 3.63) is 46.5 Å². The van der Waals surface area contributed by atoms with Gasteiger partial charge in [-0.25, -0.2) is 4.98 Å². The van der Waals surface area contributed by atoms with Crippen molar-refractivity contribution < 1.29 is 9.90 Å². The van der Waals surface area contributed by atoms with E-state index in [1.807, 2.05) is 0 Å². The number of carboxylic acids is 1. The summed E-state index contributed by atoms with van der Waals surface area (Å²) in [6.07, 6.45) is 1.08. The van der Waals surface area contributed by atoms with Gasteiger partial charge in [0.25, 0.3) is 0 Å². The van der Waals surface area contributed by atoms with E-state index in [9.17, 15) is 4.79 Å². The van der Waals surface area contributed by atoms with Gasteiger partial charge in [0.05, 0.1) is 5.69 Å². The van der Waals surface area contributed by atoms with Gasteiger partial charge in [-0.2, -0.15) is 0 Å². The highest BCUT2D eigenvalue weighted by Gasteiger charge is 2.25. The Morgan fingerprint density at radius 1 is 1.55 bits per heavy atom. The van der Waals surface area contributed by atoms with E-state index in [1.165, 1.54) is 22.5 Å². The third-order valence-electron chi connectivity index (χ3n) is 3.57. The maximum absolute atomic E-state index is 10.8. The van der Waals surface area contributed by atoms with Crippen LogP contribution in [0.25, 0.3) is 0 Å². The number of anilines is 1. The highest BCUT2D eigenvalue weighted by molar-refractivity contribution is 7.13. The number of carboxylic acid groups (broad SMARTS) is 1. The molecule has 0 bridgehead atoms. The normalized spacial score (nSPS) is 17.9. The number of thiazole rings is 1. The predicted octanol–water partition coefficient (Wildman–Crippen LogP) is 1.98. The molecule has 1 aliphatic carbocycles. The van der Waals surface area contributed by atoms with Gasteiger partial charge >= 0.3 is 5.97 Å². The first-order valence-electron chi connectivity index (χ1n) is 6.40. The minimum atomic E-state index is -1.06. The molecule has 1 heterocycles. The Bertz CT molecular complexity index is 641. The molecule has 0 aliphatic heterocycles. The monoisotopic (exact) mass is 289 g/mol. The molecule has 3 rings (SSSR count). The van der Waals surface area contributed by atoms with Crippen LogP contribution in [0.1, 0.15) is 28.8 Å². The third kappa shape index (κ3) is 2.39. The van der Waals surface area contributed by atoms with Crippen molar-refractivity contribution in [1.29, 1.82) is 0 Å². The summed E-state index contributed by atoms with van der Waals surface area (Å²) in [4.78, 5) is 15.0. The van der Waals surface area contributed by atoms with E-state index in [2.05, 4.69) is 34.6 Å². The number of nitrogens with zero attached hydrogens (tertiary/aromatic N) is 1. The molecule has 1 aliphatic rings. The smallest absolute Gasteiger partial charge is 0.326 e. The molecule has 0 spiro atoms. The van der Waals surface area contributed by atoms with E-state index >= 15 is 0 Å². The maximum Gasteiger partial charge on any atom is 0.326 e. The van der Waals surface area contributed by atoms with E-state index in [-0.39, 0.29) is 0 Å². The van der Waals surface area contributed by atoms with Crippen LogP contribution in [0.3, 0.4) is 0 Å². The molecule has 2 unspecified atom stereocenters. The van der Waals surface area contributed by atoms with Crippen molar-refractivity contribution in [2.24, 2.45) is 5.73 Å². The number of nitrogens with two attached hydrogens (primary N) is 1. The lowest BCUT2D eigenvalue weighted by atomic mass is 9.78. The number of aromatic nitrogens is 1. The zero-order valence-corrected chi connectivity index (χ0v) is 11.6. The Balaban J connectivity index is 1.59. The van der Waals surface area contributed by atoms with Gasteiger partial charge in [0, 0.05) is 17.8 Å². The summed E-state index contributed by atoms with van der Waals surface area (Å²) in [5.74, 6) is -0.554. The van der Waals surface area contributed by atoms with Crippen LogP contribution < -0.4 is 11.1 Å². The van der Waals surface area contributed by atoms with Crippen molar-refractivity contribution >= 4 is 22.4 Å². The Morgan fingerprint density at radius 3 is 3.10 bits per heavy atom. The standard InChI is InChI=1S/C14H15N3O2S/c15-12(13(18)19)11-7-20-14(17-11)16-6-9-5-8-3-1-2-4-10(8)9/h1-4,7,9,12H,5-6,15H2,(H,16,17)(H,18,19). The van der Waals surface area contributed by atoms with Crippen LogP contribution in [0.4, 0.5) is 5.13 Å². The Kier molecular flexibility index (Phi) is 3.42. The number of rotatable bonds is 5. The van der Waals surface area contributed by atoms with Gasteiger partial charge in [0.2, 0.25) is 0 Å². The molecule has 0 fully saturated rings. The van der Waals surface area contributed by atoms with Gasteiger partial charge in [-0.3, -0.25) is 4.79 Å². The van der Waals surface area contributed by atoms with Gasteiger partial charge in [-0.05, 0) is 17.5 Å². The van der Waals surface area contributed by atoms with Crippen molar-refractivity contribution in [2.75, 3.05) is 11.9 Å². The van der Waals surface area contributed by atoms with E-state index < -0.39 is 12.0 Å². The number of aliphatic carboxylic acids is 1. The second kappa shape index (κ2) is 5.22. The lowest BCUT2D eigenvalue weighted by Gasteiger charge is -2.30. The molecule has 0 saturated carbocycles. The van der Waals surface area contributed by atoms with Crippen LogP contribution in [-0.2, 0) is 11.2 Å². The molecule has 4 N–H and O–H groups in total. The minimum absolute atomic E-state index is 0.402. The molecule has 0 radical (unpaired) electrons. The van der Waals surface area contributed by atoms with E-state index in [4.69, 9.17) is 10.8 Å². The summed E-state index contributed by atoms with van der Waals surface area (Å²) in [5, 5.41) is 14.5. The first kappa shape index (κ1) is 13.1. The minimum Gasteiger partial charge on any atom is -0.480 e. The number of benzene rings is 1. The van der Waals surface area contributed by atoms with Crippen LogP contribution in [0.15, 0.2) is 29.6 Å². The van der Waals surface area contributed by atoms with E-state index in [0.29, 0.717) is 11.6 Å². The summed E-state index contributed by atoms with van der Waals surface area (Å²) in [6.45, 7) is 0.812. The van der Waals surface area contributed by atoms with Crippen LogP contribution in [0.2, 0.25) is 0 Å². The molecular weight excluding hydrogens is 274 g/mol. The largest absolute Gasteiger partial charge is 0.480 e. The van der Waals surface area contributed by atoms with Crippen LogP contribution >= 0.6 is 11.3 Å². The lowest BCUT2D eigenvalue weighted by molar-refractivity contribution is -0.138. The number of nitrogens with one attached hydrogen (secondary N) is 1. The molecule has 1 aromatic heterocycles. The Labute approximate surface area is 120 Å². The fourth-order valence-corrected chi connectivity index (χ4v) is 3.15. The van der Waals surface area contributed by atoms with E-state index in [0.717, 1.165) is 18.1 Å². The summed E-state index contributed by atoms with van der Waals surface area (Å²) in [5.41, 5.74) is 8.72. The Hall–Kier alpha value is -1.92. The Morgan fingerprint density at radius 2 is 2.35 bits per heavy atom. The highest BCUT2D eigenvalue weighted by Crippen LogP contribution is 2.35. The number of carbonyl (C=O) groups is 1. The average molecular weight is 289 g/mol. The molecular formula is C14H15N3O2S. The molecule has 5 nitrogen and oxygen atoms in total. The summed E-state index contributed by atoms with van der Waals surface area (Å²) in [7, 11) is 0. The summed E-state index contributed by atoms with van der Waals surface area (Å²) >= 11 is 1.39. The average Bonchev–Trinajstić information content (AvgIpc) is 2.87. The molecule has 1 aromatic carbocycles. The quantitative estimate of drug-likeness (QED) is 0.783. The highest BCUT2D eigenvalue weighted by atomic mass is 32.1. The third-order valence-corrected chi connectivity index (χ3v) is 4.39. The van der Waals surface area contributed by atoms with Gasteiger partial charge in [0.15, 0.2) is 5.13 Å². The van der Waals surface area contributed by atoms with Crippen LogP contribution in [-0.4, -0.2) is 22.6 Å². The zero-order valence-electron chi connectivity index (χ0n) is 10.7. The lowest BCUT2D eigenvalue weighted by Crippen LogP contribution is -2.24. The molecule has 6 heteroatoms. The van der Waals surface area contributed by atoms with Gasteiger partial charge < -0.3 is 16.2 Å². The van der Waals surface area contributed by atoms with Crippen molar-refractivity contribution in [3.63, 3.8) is 0 Å².